The fourth-order valence-corrected chi connectivity index (χ4v) is 5.39. The smallest absolute Gasteiger partial charge is 0.267 e. The van der Waals surface area contributed by atoms with Crippen LogP contribution in [0.3, 0.4) is 0 Å². The highest BCUT2D eigenvalue weighted by Crippen LogP contribution is 2.47. The minimum atomic E-state index is -3.44. The first kappa shape index (κ1) is 18.3. The summed E-state index contributed by atoms with van der Waals surface area (Å²) in [5, 5.41) is 1.92. The predicted octanol–water partition coefficient (Wildman–Crippen LogP) is 3.67. The third kappa shape index (κ3) is 2.87. The molecule has 2 aromatic rings. The zero-order valence-electron chi connectivity index (χ0n) is 15.2. The van der Waals surface area contributed by atoms with Crippen molar-refractivity contribution in [2.75, 3.05) is 25.4 Å². The lowest BCUT2D eigenvalue weighted by Gasteiger charge is -2.52. The molecular formula is C19H25ClN2O3S. The van der Waals surface area contributed by atoms with E-state index in [9.17, 15) is 8.42 Å². The number of aromatic amines is 1. The first-order valence-corrected chi connectivity index (χ1v) is 11.2. The van der Waals surface area contributed by atoms with E-state index >= 15 is 0 Å². The summed E-state index contributed by atoms with van der Waals surface area (Å²) in [5.74, 6) is 0.135. The maximum atomic E-state index is 11.9. The van der Waals surface area contributed by atoms with Crippen LogP contribution in [-0.2, 0) is 26.3 Å². The van der Waals surface area contributed by atoms with Gasteiger partial charge in [-0.1, -0.05) is 11.6 Å². The largest absolute Gasteiger partial charge is 0.357 e. The number of fused-ring (bicyclic) bond motifs is 5. The zero-order chi connectivity index (χ0) is 18.5. The number of nitrogens with zero attached hydrogens (tertiary/aromatic N) is 1. The molecule has 2 aliphatic rings. The number of halogens is 1. The number of hydrogen-bond donors (Lipinski definition) is 1. The number of aromatic nitrogens is 1. The van der Waals surface area contributed by atoms with Gasteiger partial charge in [-0.05, 0) is 63.4 Å². The van der Waals surface area contributed by atoms with Crippen LogP contribution in [-0.4, -0.2) is 43.8 Å². The number of rotatable bonds is 4. The highest BCUT2D eigenvalue weighted by atomic mass is 35.5. The molecule has 2 unspecified atom stereocenters. The van der Waals surface area contributed by atoms with Crippen LogP contribution in [0.4, 0.5) is 0 Å². The van der Waals surface area contributed by atoms with Crippen LogP contribution in [0, 0.1) is 5.92 Å². The topological polar surface area (TPSA) is 62.4 Å². The number of piperidine rings is 1. The van der Waals surface area contributed by atoms with Crippen LogP contribution in [0.1, 0.15) is 37.9 Å². The quantitative estimate of drug-likeness (QED) is 0.801. The summed E-state index contributed by atoms with van der Waals surface area (Å²) in [4.78, 5) is 6.11. The second-order valence-corrected chi connectivity index (χ2v) is 9.89. The van der Waals surface area contributed by atoms with E-state index in [4.69, 9.17) is 15.8 Å². The Kier molecular flexibility index (Phi) is 4.58. The summed E-state index contributed by atoms with van der Waals surface area (Å²) < 4.78 is 29.1. The molecule has 7 heteroatoms. The van der Waals surface area contributed by atoms with Gasteiger partial charge < -0.3 is 4.98 Å². The minimum Gasteiger partial charge on any atom is -0.357 e. The van der Waals surface area contributed by atoms with Gasteiger partial charge in [-0.15, -0.1) is 0 Å². The number of hydrogen-bond acceptors (Lipinski definition) is 4. The summed E-state index contributed by atoms with van der Waals surface area (Å²) in [5.41, 5.74) is 3.35. The Labute approximate surface area is 159 Å². The van der Waals surface area contributed by atoms with Gasteiger partial charge in [0.1, 0.15) is 0 Å². The van der Waals surface area contributed by atoms with Crippen molar-refractivity contribution in [3.63, 3.8) is 0 Å². The van der Waals surface area contributed by atoms with Crippen LogP contribution in [0.25, 0.3) is 10.9 Å². The van der Waals surface area contributed by atoms with Crippen molar-refractivity contribution in [2.24, 2.45) is 5.92 Å². The molecule has 0 spiro atoms. The van der Waals surface area contributed by atoms with Crippen molar-refractivity contribution < 1.29 is 12.6 Å². The van der Waals surface area contributed by atoms with E-state index in [0.29, 0.717) is 0 Å². The van der Waals surface area contributed by atoms with Gasteiger partial charge in [0.25, 0.3) is 10.1 Å². The molecule has 5 nitrogen and oxygen atoms in total. The fourth-order valence-electron chi connectivity index (χ4n) is 4.68. The van der Waals surface area contributed by atoms with Gasteiger partial charge in [0.2, 0.25) is 0 Å². The second kappa shape index (κ2) is 6.51. The molecule has 0 radical (unpaired) electrons. The van der Waals surface area contributed by atoms with Gasteiger partial charge in [-0.3, -0.25) is 9.08 Å². The third-order valence-corrected chi connectivity index (χ3v) is 7.68. The summed E-state index contributed by atoms with van der Waals surface area (Å²) in [6.45, 7) is 6.08. The molecule has 4 rings (SSSR count). The van der Waals surface area contributed by atoms with E-state index in [-0.39, 0.29) is 23.8 Å². The Morgan fingerprint density at radius 2 is 2.19 bits per heavy atom. The van der Waals surface area contributed by atoms with E-state index in [1.54, 1.807) is 6.92 Å². The molecule has 26 heavy (non-hydrogen) atoms. The lowest BCUT2D eigenvalue weighted by Crippen LogP contribution is -2.57. The lowest BCUT2D eigenvalue weighted by molar-refractivity contribution is -0.0249. The fraction of sp³-hybridized carbons (Fsp3) is 0.579. The Morgan fingerprint density at radius 3 is 2.96 bits per heavy atom. The third-order valence-electron chi connectivity index (χ3n) is 6.24. The van der Waals surface area contributed by atoms with Crippen LogP contribution in [0.15, 0.2) is 18.2 Å². The van der Waals surface area contributed by atoms with Crippen LogP contribution >= 0.6 is 11.6 Å². The van der Waals surface area contributed by atoms with Crippen LogP contribution < -0.4 is 0 Å². The van der Waals surface area contributed by atoms with E-state index in [1.807, 2.05) is 18.2 Å². The standard InChI is InChI=1S/C19H25ClN2O3S/c1-3-26(23,24)25-12-13-5-4-9-22-10-8-15-16-11-14(20)6-7-17(16)21-18(15)19(13,22)2/h6-7,11,13,21H,3-5,8-10,12H2,1-2H3. The number of H-pyrrole nitrogens is 1. The maximum absolute atomic E-state index is 11.9. The normalized spacial score (nSPS) is 26.7. The molecule has 1 aromatic carbocycles. The van der Waals surface area contributed by atoms with Gasteiger partial charge in [0.05, 0.1) is 17.9 Å². The molecule has 142 valence electrons. The molecule has 1 saturated heterocycles. The van der Waals surface area contributed by atoms with E-state index in [0.717, 1.165) is 42.9 Å². The number of benzene rings is 1. The van der Waals surface area contributed by atoms with Gasteiger partial charge in [-0.25, -0.2) is 0 Å². The van der Waals surface area contributed by atoms with Gasteiger partial charge in [0.15, 0.2) is 0 Å². The minimum absolute atomic E-state index is 0.0102. The highest BCUT2D eigenvalue weighted by molar-refractivity contribution is 7.86. The molecule has 1 N–H and O–H groups in total. The molecular weight excluding hydrogens is 372 g/mol. The SMILES string of the molecule is CCS(=O)(=O)OCC1CCCN2CCc3c([nH]c4ccc(Cl)cc34)C12C. The maximum Gasteiger partial charge on any atom is 0.267 e. The molecule has 0 aliphatic carbocycles. The molecule has 1 aromatic heterocycles. The van der Waals surface area contributed by atoms with Crippen molar-refractivity contribution in [1.29, 1.82) is 0 Å². The molecule has 0 bridgehead atoms. The van der Waals surface area contributed by atoms with Crippen molar-refractivity contribution in [3.8, 4) is 0 Å². The van der Waals surface area contributed by atoms with Crippen molar-refractivity contribution >= 4 is 32.6 Å². The lowest BCUT2D eigenvalue weighted by atomic mass is 9.72. The Hall–Kier alpha value is -1.08. The van der Waals surface area contributed by atoms with Crippen molar-refractivity contribution in [2.45, 2.75) is 38.6 Å². The van der Waals surface area contributed by atoms with E-state index in [2.05, 4.69) is 16.8 Å². The first-order chi connectivity index (χ1) is 12.3. The molecule has 2 aliphatic heterocycles. The van der Waals surface area contributed by atoms with Crippen molar-refractivity contribution in [1.82, 2.24) is 9.88 Å². The monoisotopic (exact) mass is 396 g/mol. The van der Waals surface area contributed by atoms with E-state index in [1.165, 1.54) is 16.6 Å². The van der Waals surface area contributed by atoms with Gasteiger partial charge >= 0.3 is 0 Å². The van der Waals surface area contributed by atoms with Crippen LogP contribution in [0.2, 0.25) is 5.02 Å². The Balaban J connectivity index is 1.77. The molecule has 0 amide bonds. The molecule has 1 fully saturated rings. The average molecular weight is 397 g/mol. The average Bonchev–Trinajstić information content (AvgIpc) is 2.99. The molecule has 2 atom stereocenters. The Morgan fingerprint density at radius 1 is 1.38 bits per heavy atom. The summed E-state index contributed by atoms with van der Waals surface area (Å²) >= 11 is 6.22. The Bertz CT molecular complexity index is 940. The zero-order valence-corrected chi connectivity index (χ0v) is 16.8. The summed E-state index contributed by atoms with van der Waals surface area (Å²) in [6, 6.07) is 5.96. The summed E-state index contributed by atoms with van der Waals surface area (Å²) in [6.07, 6.45) is 3.01. The predicted molar refractivity (Wildman–Crippen MR) is 104 cm³/mol. The highest BCUT2D eigenvalue weighted by Gasteiger charge is 2.48. The van der Waals surface area contributed by atoms with E-state index < -0.39 is 10.1 Å². The molecule has 0 saturated carbocycles. The first-order valence-electron chi connectivity index (χ1n) is 9.28. The summed E-state index contributed by atoms with van der Waals surface area (Å²) in [7, 11) is -3.44. The molecule has 3 heterocycles. The number of nitrogens with one attached hydrogen (secondary N) is 1. The van der Waals surface area contributed by atoms with Crippen LogP contribution in [0.5, 0.6) is 0 Å². The van der Waals surface area contributed by atoms with Gasteiger partial charge in [0, 0.05) is 34.1 Å². The second-order valence-electron chi connectivity index (χ2n) is 7.52. The van der Waals surface area contributed by atoms with Gasteiger partial charge in [-0.2, -0.15) is 8.42 Å². The van der Waals surface area contributed by atoms with Crippen molar-refractivity contribution in [3.05, 3.63) is 34.5 Å².